The molecule has 0 fully saturated rings. The first-order valence-electron chi connectivity index (χ1n) is 31.6. The topological polar surface area (TPSA) is 16.2 Å². The molecule has 0 radical (unpaired) electrons. The SMILES string of the molecule is c1ccc(-c2cccc(-c3ccccc3)c2N2c3ccccc3B3c4cc5c(cc4N(c4ccccc4)c4cc(N(c6ccccc6)c6ccccc6)cc2c43)N(c2ccccc2)c2cc(N(c3ccccc3)c3ccccc3)cc3c2B5c2ccccc2S3)cc1. The fraction of sp³-hybridized carbons (Fsp3) is 0. The van der Waals surface area contributed by atoms with Crippen LogP contribution in [0, 0.1) is 0 Å². The van der Waals surface area contributed by atoms with Crippen molar-refractivity contribution in [2.24, 2.45) is 0 Å². The van der Waals surface area contributed by atoms with E-state index in [4.69, 9.17) is 0 Å². The highest BCUT2D eigenvalue weighted by Gasteiger charge is 2.48. The molecule has 0 saturated heterocycles. The van der Waals surface area contributed by atoms with Gasteiger partial charge in [-0.3, -0.25) is 0 Å². The van der Waals surface area contributed by atoms with Crippen molar-refractivity contribution in [3.8, 4) is 22.3 Å². The lowest BCUT2D eigenvalue weighted by molar-refractivity contribution is 1.21. The van der Waals surface area contributed by atoms with Gasteiger partial charge in [0.15, 0.2) is 0 Å². The first-order valence-corrected chi connectivity index (χ1v) is 32.5. The third kappa shape index (κ3) is 8.74. The second-order valence-corrected chi connectivity index (χ2v) is 25.0. The zero-order chi connectivity index (χ0) is 60.6. The van der Waals surface area contributed by atoms with Crippen LogP contribution >= 0.6 is 11.8 Å². The Labute approximate surface area is 542 Å². The Morgan fingerprint density at radius 2 is 0.620 bits per heavy atom. The molecule has 14 aromatic rings. The van der Waals surface area contributed by atoms with Crippen molar-refractivity contribution in [2.75, 3.05) is 24.5 Å². The van der Waals surface area contributed by atoms with Crippen LogP contribution in [-0.2, 0) is 0 Å². The third-order valence-corrected chi connectivity index (χ3v) is 19.9. The minimum Gasteiger partial charge on any atom is -0.311 e. The molecule has 92 heavy (non-hydrogen) atoms. The average molecular weight is 1190 g/mol. The molecule has 0 amide bonds. The molecule has 0 saturated carbocycles. The zero-order valence-corrected chi connectivity index (χ0v) is 51.0. The quantitative estimate of drug-likeness (QED) is 0.119. The monoisotopic (exact) mass is 1190 g/mol. The number of rotatable bonds is 11. The minimum atomic E-state index is -0.195. The van der Waals surface area contributed by atoms with Crippen molar-refractivity contribution in [3.63, 3.8) is 0 Å². The summed E-state index contributed by atoms with van der Waals surface area (Å²) in [4.78, 5) is 15.2. The molecule has 0 bridgehead atoms. The predicted molar refractivity (Wildman–Crippen MR) is 391 cm³/mol. The summed E-state index contributed by atoms with van der Waals surface area (Å²) < 4.78 is 0. The molecule has 0 N–H and O–H groups in total. The van der Waals surface area contributed by atoms with E-state index in [1.807, 2.05) is 11.8 Å². The number of benzene rings is 14. The average Bonchev–Trinajstić information content (AvgIpc) is 0.694. The van der Waals surface area contributed by atoms with Crippen LogP contribution in [0.3, 0.4) is 0 Å². The van der Waals surface area contributed by atoms with Crippen LogP contribution in [0.1, 0.15) is 0 Å². The lowest BCUT2D eigenvalue weighted by Gasteiger charge is -2.47. The lowest BCUT2D eigenvalue weighted by atomic mass is 9.30. The van der Waals surface area contributed by atoms with Crippen LogP contribution in [0.2, 0.25) is 0 Å². The van der Waals surface area contributed by atoms with Crippen molar-refractivity contribution >= 4 is 143 Å². The van der Waals surface area contributed by atoms with Crippen LogP contribution in [0.15, 0.2) is 356 Å². The van der Waals surface area contributed by atoms with Gasteiger partial charge in [0.2, 0.25) is 6.71 Å². The van der Waals surface area contributed by atoms with E-state index in [9.17, 15) is 0 Å². The van der Waals surface area contributed by atoms with E-state index < -0.39 is 0 Å². The van der Waals surface area contributed by atoms with E-state index in [0.29, 0.717) is 0 Å². The second kappa shape index (κ2) is 22.2. The lowest BCUT2D eigenvalue weighted by Crippen LogP contribution is -2.64. The van der Waals surface area contributed by atoms with Crippen LogP contribution in [0.25, 0.3) is 22.3 Å². The molecular weight excluding hydrogens is 1130 g/mol. The Kier molecular flexibility index (Phi) is 13.0. The number of fused-ring (bicyclic) bond motifs is 8. The maximum atomic E-state index is 2.64. The van der Waals surface area contributed by atoms with E-state index in [0.717, 1.165) is 102 Å². The molecule has 4 aliphatic rings. The van der Waals surface area contributed by atoms with Crippen molar-refractivity contribution < 1.29 is 0 Å². The summed E-state index contributed by atoms with van der Waals surface area (Å²) in [6.45, 7) is -0.284. The molecule has 8 heteroatoms. The maximum absolute atomic E-state index is 2.64. The number of nitrogens with zero attached hydrogens (tertiary/aromatic N) is 5. The molecule has 0 aliphatic carbocycles. The summed E-state index contributed by atoms with van der Waals surface area (Å²) in [7, 11) is 0. The first-order chi connectivity index (χ1) is 45.7. The van der Waals surface area contributed by atoms with Crippen molar-refractivity contribution in [1.29, 1.82) is 0 Å². The van der Waals surface area contributed by atoms with E-state index in [1.165, 1.54) is 48.3 Å². The number of hydrogen-bond donors (Lipinski definition) is 0. The second-order valence-electron chi connectivity index (χ2n) is 23.9. The Morgan fingerprint density at radius 1 is 0.239 bits per heavy atom. The van der Waals surface area contributed by atoms with Gasteiger partial charge in [0.25, 0.3) is 6.71 Å². The molecule has 14 aromatic carbocycles. The highest BCUT2D eigenvalue weighted by Crippen LogP contribution is 2.54. The Morgan fingerprint density at radius 3 is 1.11 bits per heavy atom. The fourth-order valence-electron chi connectivity index (χ4n) is 15.0. The normalized spacial score (nSPS) is 12.8. The van der Waals surface area contributed by atoms with Gasteiger partial charge in [0.1, 0.15) is 0 Å². The van der Waals surface area contributed by atoms with Crippen LogP contribution < -0.4 is 57.3 Å². The smallest absolute Gasteiger partial charge is 0.252 e. The zero-order valence-electron chi connectivity index (χ0n) is 50.2. The van der Waals surface area contributed by atoms with Crippen LogP contribution in [0.4, 0.5) is 85.3 Å². The summed E-state index contributed by atoms with van der Waals surface area (Å²) in [5.74, 6) is 0. The first kappa shape index (κ1) is 53.6. The van der Waals surface area contributed by atoms with Gasteiger partial charge in [-0.1, -0.05) is 248 Å². The van der Waals surface area contributed by atoms with Crippen molar-refractivity contribution in [2.45, 2.75) is 9.79 Å². The van der Waals surface area contributed by atoms with Gasteiger partial charge in [0, 0.05) is 94.9 Å². The van der Waals surface area contributed by atoms with Crippen LogP contribution in [0.5, 0.6) is 0 Å². The molecule has 4 heterocycles. The van der Waals surface area contributed by atoms with Crippen molar-refractivity contribution in [3.05, 3.63) is 346 Å². The van der Waals surface area contributed by atoms with Gasteiger partial charge in [0.05, 0.1) is 11.4 Å². The summed E-state index contributed by atoms with van der Waals surface area (Å²) >= 11 is 1.89. The van der Waals surface area contributed by atoms with Gasteiger partial charge >= 0.3 is 0 Å². The number of hydrogen-bond acceptors (Lipinski definition) is 6. The Bertz CT molecular complexity index is 4970. The molecule has 0 unspecified atom stereocenters. The highest BCUT2D eigenvalue weighted by molar-refractivity contribution is 8.00. The van der Waals surface area contributed by atoms with Crippen molar-refractivity contribution in [1.82, 2.24) is 0 Å². The maximum Gasteiger partial charge on any atom is 0.252 e. The minimum absolute atomic E-state index is 0.0890. The molecular formula is C84H57B2N5S. The van der Waals surface area contributed by atoms with E-state index in [2.05, 4.69) is 370 Å². The highest BCUT2D eigenvalue weighted by atomic mass is 32.2. The van der Waals surface area contributed by atoms with E-state index >= 15 is 0 Å². The fourth-order valence-corrected chi connectivity index (χ4v) is 16.2. The third-order valence-electron chi connectivity index (χ3n) is 18.8. The molecule has 0 atom stereocenters. The molecule has 4 aliphatic heterocycles. The summed E-state index contributed by atoms with van der Waals surface area (Å²) in [5, 5.41) is 0. The molecule has 18 rings (SSSR count). The van der Waals surface area contributed by atoms with Gasteiger partial charge < -0.3 is 24.5 Å². The molecule has 0 spiro atoms. The molecule has 430 valence electrons. The summed E-state index contributed by atoms with van der Waals surface area (Å²) in [5.41, 5.74) is 28.8. The standard InChI is InChI=1S/C84H57B2N5S/c1-9-30-58(31-10-1)68-46-29-47-69(59-32-11-2-12-33-59)84(68)91-74-50-27-25-48-70(74)85-72-56-73-76(57-75(72)89(64-42-21-7-22-43-64)77-52-66(53-78(91)82(77)85)87(60-34-13-3-14-35-60)61-36-15-4-16-37-61)90(65-44-23-8-24-45-65)79-54-67(55-81-83(79)86(73)71-49-26-28-51-80(71)92-81)88(62-38-17-5-18-39-62)63-40-19-6-20-41-63/h1-57H. The molecule has 0 aromatic heterocycles. The van der Waals surface area contributed by atoms with E-state index in [-0.39, 0.29) is 13.4 Å². The largest absolute Gasteiger partial charge is 0.311 e. The summed E-state index contributed by atoms with van der Waals surface area (Å²) in [6, 6.07) is 128. The van der Waals surface area contributed by atoms with Crippen LogP contribution in [-0.4, -0.2) is 13.4 Å². The van der Waals surface area contributed by atoms with Gasteiger partial charge in [-0.15, -0.1) is 0 Å². The van der Waals surface area contributed by atoms with E-state index in [1.54, 1.807) is 0 Å². The van der Waals surface area contributed by atoms with Gasteiger partial charge in [-0.25, -0.2) is 0 Å². The summed E-state index contributed by atoms with van der Waals surface area (Å²) in [6.07, 6.45) is 0. The number of para-hydroxylation sites is 8. The number of anilines is 15. The molecule has 5 nitrogen and oxygen atoms in total. The Hall–Kier alpha value is -11.4. The van der Waals surface area contributed by atoms with Gasteiger partial charge in [-0.05, 0) is 154 Å². The van der Waals surface area contributed by atoms with Gasteiger partial charge in [-0.2, -0.15) is 0 Å². The Balaban J connectivity index is 0.963. The predicted octanol–water partition coefficient (Wildman–Crippen LogP) is 18.8.